The fourth-order valence-electron chi connectivity index (χ4n) is 3.26. The monoisotopic (exact) mass is 571 g/mol. The third-order valence-corrected chi connectivity index (χ3v) is 6.77. The van der Waals surface area contributed by atoms with Crippen molar-refractivity contribution < 1.29 is 18.3 Å². The lowest BCUT2D eigenvalue weighted by Crippen LogP contribution is -2.02. The van der Waals surface area contributed by atoms with Gasteiger partial charge in [-0.25, -0.2) is 23.7 Å². The molecule has 0 aliphatic carbocycles. The molecule has 1 aromatic carbocycles. The topological polar surface area (TPSA) is 98.9 Å². The molecule has 166 valence electrons. The number of amides is 1. The summed E-state index contributed by atoms with van der Waals surface area (Å²) in [4.78, 5) is 23.5. The number of alkyl halides is 2. The second-order valence-electron chi connectivity index (χ2n) is 6.61. The lowest BCUT2D eigenvalue weighted by atomic mass is 10.1. The SMILES string of the molecule is COc1cc(-c2cncn2C)ccc1Nc1cc(NC=O)nc2c1nc(C(F)F)n2PI. The molecule has 32 heavy (non-hydrogen) atoms. The largest absolute Gasteiger partial charge is 0.495 e. The van der Waals surface area contributed by atoms with Gasteiger partial charge in [0.25, 0.3) is 6.43 Å². The molecule has 0 spiro atoms. The Hall–Kier alpha value is -2.86. The van der Waals surface area contributed by atoms with Crippen LogP contribution in [0.15, 0.2) is 36.8 Å². The lowest BCUT2D eigenvalue weighted by Gasteiger charge is -2.14. The summed E-state index contributed by atoms with van der Waals surface area (Å²) in [6, 6.07) is 7.08. The van der Waals surface area contributed by atoms with E-state index in [1.165, 1.54) is 17.5 Å². The maximum atomic E-state index is 13.6. The summed E-state index contributed by atoms with van der Waals surface area (Å²) in [5, 5.41) is 5.67. The summed E-state index contributed by atoms with van der Waals surface area (Å²) in [6.07, 6.45) is 1.10. The van der Waals surface area contributed by atoms with Gasteiger partial charge in [-0.15, -0.1) is 0 Å². The van der Waals surface area contributed by atoms with E-state index in [2.05, 4.69) is 25.6 Å². The van der Waals surface area contributed by atoms with Crippen molar-refractivity contribution in [1.82, 2.24) is 23.9 Å². The van der Waals surface area contributed by atoms with E-state index in [0.29, 0.717) is 23.5 Å². The van der Waals surface area contributed by atoms with Gasteiger partial charge in [-0.2, -0.15) is 0 Å². The van der Waals surface area contributed by atoms with Crippen LogP contribution < -0.4 is 15.4 Å². The Morgan fingerprint density at radius 2 is 2.06 bits per heavy atom. The van der Waals surface area contributed by atoms with E-state index >= 15 is 0 Å². The van der Waals surface area contributed by atoms with Crippen LogP contribution in [-0.2, 0) is 11.8 Å². The van der Waals surface area contributed by atoms with Gasteiger partial charge >= 0.3 is 0 Å². The van der Waals surface area contributed by atoms with Crippen molar-refractivity contribution in [3.05, 3.63) is 42.6 Å². The van der Waals surface area contributed by atoms with Gasteiger partial charge in [-0.05, 0) is 34.2 Å². The van der Waals surface area contributed by atoms with Crippen LogP contribution in [0.4, 0.5) is 26.0 Å². The molecule has 0 fully saturated rings. The van der Waals surface area contributed by atoms with Crippen molar-refractivity contribution in [3.63, 3.8) is 0 Å². The number of fused-ring (bicyclic) bond motifs is 1. The van der Waals surface area contributed by atoms with Gasteiger partial charge in [0.15, 0.2) is 11.5 Å². The minimum atomic E-state index is -2.77. The Bertz CT molecular complexity index is 1290. The molecule has 1 unspecified atom stereocenters. The number of carbonyl (C=O) groups is 1. The minimum absolute atomic E-state index is 0.0508. The first-order valence-electron chi connectivity index (χ1n) is 9.17. The molecular formula is C19H17F2IN7O2P. The maximum Gasteiger partial charge on any atom is 0.295 e. The Labute approximate surface area is 195 Å². The Kier molecular flexibility index (Phi) is 6.51. The molecule has 0 aliphatic rings. The predicted octanol–water partition coefficient (Wildman–Crippen LogP) is 4.88. The van der Waals surface area contributed by atoms with Crippen molar-refractivity contribution in [2.24, 2.45) is 7.05 Å². The number of carbonyl (C=O) groups excluding carboxylic acids is 1. The smallest absolute Gasteiger partial charge is 0.295 e. The summed E-state index contributed by atoms with van der Waals surface area (Å²) < 4.78 is 35.9. The predicted molar refractivity (Wildman–Crippen MR) is 128 cm³/mol. The zero-order valence-electron chi connectivity index (χ0n) is 16.8. The highest BCUT2D eigenvalue weighted by Gasteiger charge is 2.23. The van der Waals surface area contributed by atoms with Crippen LogP contribution in [0.2, 0.25) is 0 Å². The molecule has 4 aromatic rings. The van der Waals surface area contributed by atoms with Gasteiger partial charge in [0.2, 0.25) is 6.41 Å². The summed E-state index contributed by atoms with van der Waals surface area (Å²) in [5.74, 6) is 0.352. The normalized spacial score (nSPS) is 11.6. The first-order chi connectivity index (χ1) is 15.5. The molecule has 13 heteroatoms. The quantitative estimate of drug-likeness (QED) is 0.178. The van der Waals surface area contributed by atoms with Gasteiger partial charge < -0.3 is 19.9 Å². The summed E-state index contributed by atoms with van der Waals surface area (Å²) in [5.41, 5.74) is 3.30. The molecule has 9 nitrogen and oxygen atoms in total. The van der Waals surface area contributed by atoms with Crippen LogP contribution >= 0.6 is 28.4 Å². The number of nitrogens with zero attached hydrogens (tertiary/aromatic N) is 5. The van der Waals surface area contributed by atoms with E-state index in [0.717, 1.165) is 11.3 Å². The average Bonchev–Trinajstić information content (AvgIpc) is 3.37. The van der Waals surface area contributed by atoms with Crippen LogP contribution in [0.5, 0.6) is 5.75 Å². The van der Waals surface area contributed by atoms with Crippen LogP contribution in [0.1, 0.15) is 12.2 Å². The molecule has 2 N–H and O–H groups in total. The minimum Gasteiger partial charge on any atom is -0.495 e. The fraction of sp³-hybridized carbons (Fsp3) is 0.158. The van der Waals surface area contributed by atoms with E-state index in [-0.39, 0.29) is 29.2 Å². The molecule has 0 saturated carbocycles. The highest BCUT2D eigenvalue weighted by atomic mass is 127. The number of hydrogen-bond acceptors (Lipinski definition) is 6. The van der Waals surface area contributed by atoms with Gasteiger partial charge in [-0.1, -0.05) is 6.07 Å². The molecule has 3 aromatic heterocycles. The number of halogens is 3. The zero-order valence-corrected chi connectivity index (χ0v) is 20.0. The lowest BCUT2D eigenvalue weighted by molar-refractivity contribution is -0.105. The molecule has 0 bridgehead atoms. The van der Waals surface area contributed by atoms with E-state index in [1.54, 1.807) is 12.5 Å². The van der Waals surface area contributed by atoms with E-state index in [9.17, 15) is 13.6 Å². The number of anilines is 3. The summed E-state index contributed by atoms with van der Waals surface area (Å²) in [7, 11) is 3.43. The molecule has 1 atom stereocenters. The number of rotatable bonds is 8. The number of imidazole rings is 2. The third-order valence-electron chi connectivity index (χ3n) is 4.71. The van der Waals surface area contributed by atoms with E-state index in [1.807, 2.05) is 51.9 Å². The molecule has 0 radical (unpaired) electrons. The van der Waals surface area contributed by atoms with E-state index < -0.39 is 6.43 Å². The molecule has 3 heterocycles. The molecule has 0 saturated heterocycles. The fourth-order valence-corrected chi connectivity index (χ4v) is 5.15. The molecule has 1 amide bonds. The van der Waals surface area contributed by atoms with Crippen molar-refractivity contribution in [1.29, 1.82) is 0 Å². The van der Waals surface area contributed by atoms with E-state index in [4.69, 9.17) is 4.74 Å². The van der Waals surface area contributed by atoms with Crippen molar-refractivity contribution in [2.45, 2.75) is 6.43 Å². The van der Waals surface area contributed by atoms with Crippen LogP contribution in [0, 0.1) is 0 Å². The number of methoxy groups -OCH3 is 1. The average molecular weight is 571 g/mol. The summed E-state index contributed by atoms with van der Waals surface area (Å²) in [6.45, 7) is 0. The Balaban J connectivity index is 1.83. The van der Waals surface area contributed by atoms with Gasteiger partial charge in [0, 0.05) is 18.7 Å². The second-order valence-corrected chi connectivity index (χ2v) is 8.67. The third kappa shape index (κ3) is 4.11. The number of nitrogens with one attached hydrogen (secondary N) is 2. The number of ether oxygens (including phenoxy) is 1. The number of aromatic nitrogens is 5. The number of benzene rings is 1. The molecule has 4 rings (SSSR count). The zero-order chi connectivity index (χ0) is 22.8. The Morgan fingerprint density at radius 1 is 1.25 bits per heavy atom. The molecular weight excluding hydrogens is 554 g/mol. The van der Waals surface area contributed by atoms with Crippen LogP contribution in [0.25, 0.3) is 22.4 Å². The maximum absolute atomic E-state index is 13.6. The van der Waals surface area contributed by atoms with Crippen molar-refractivity contribution >= 4 is 63.2 Å². The van der Waals surface area contributed by atoms with Gasteiger partial charge in [0.1, 0.15) is 17.1 Å². The van der Waals surface area contributed by atoms with Gasteiger partial charge in [0.05, 0.1) is 43.1 Å². The van der Waals surface area contributed by atoms with Crippen molar-refractivity contribution in [2.75, 3.05) is 17.7 Å². The first kappa shape index (κ1) is 22.3. The highest BCUT2D eigenvalue weighted by molar-refractivity contribution is 14.2. The standard InChI is InChI=1S/C19H17F2IN7O2P/c1-28-8-23-7-13(28)10-3-4-11(14(5-10)31-2)25-12-6-15(24-9-30)26-18-16(12)27-19(17(20)21)29(18)32-22/h3-9,17,32H,1-2H3,(H2,24,25,26,30). The number of hydrogen-bond donors (Lipinski definition) is 2. The Morgan fingerprint density at radius 3 is 2.69 bits per heavy atom. The first-order valence-corrected chi connectivity index (χ1v) is 13.2. The highest BCUT2D eigenvalue weighted by Crippen LogP contribution is 2.39. The second kappa shape index (κ2) is 9.33. The molecule has 0 aliphatic heterocycles. The van der Waals surface area contributed by atoms with Crippen LogP contribution in [0.3, 0.4) is 0 Å². The van der Waals surface area contributed by atoms with Crippen LogP contribution in [-0.4, -0.2) is 37.4 Å². The van der Waals surface area contributed by atoms with Gasteiger partial charge in [-0.3, -0.25) is 9.13 Å². The number of aryl methyl sites for hydroxylation is 1. The summed E-state index contributed by atoms with van der Waals surface area (Å²) >= 11 is 1.99. The number of pyridine rings is 1. The van der Waals surface area contributed by atoms with Crippen molar-refractivity contribution in [3.8, 4) is 17.0 Å².